The summed E-state index contributed by atoms with van der Waals surface area (Å²) in [6.45, 7) is 2.77. The van der Waals surface area contributed by atoms with Gasteiger partial charge in [0.2, 0.25) is 0 Å². The summed E-state index contributed by atoms with van der Waals surface area (Å²) in [7, 11) is 0. The molecule has 4 heteroatoms. The van der Waals surface area contributed by atoms with Gasteiger partial charge in [0.15, 0.2) is 0 Å². The van der Waals surface area contributed by atoms with Crippen molar-refractivity contribution in [2.75, 3.05) is 0 Å². The molecule has 1 saturated carbocycles. The van der Waals surface area contributed by atoms with Crippen molar-refractivity contribution in [2.45, 2.75) is 25.8 Å². The second-order valence-corrected chi connectivity index (χ2v) is 4.15. The first-order valence-corrected chi connectivity index (χ1v) is 4.65. The summed E-state index contributed by atoms with van der Waals surface area (Å²) in [6, 6.07) is 0. The van der Waals surface area contributed by atoms with Gasteiger partial charge in [-0.15, -0.1) is 10.2 Å². The molecule has 1 aromatic heterocycles. The molecule has 60 valence electrons. The highest BCUT2D eigenvalue weighted by Gasteiger charge is 2.36. The molecule has 0 saturated heterocycles. The van der Waals surface area contributed by atoms with Gasteiger partial charge in [-0.25, -0.2) is 0 Å². The van der Waals surface area contributed by atoms with Crippen LogP contribution >= 0.6 is 11.3 Å². The second kappa shape index (κ2) is 2.53. The van der Waals surface area contributed by atoms with Crippen molar-refractivity contribution in [1.82, 2.24) is 10.2 Å². The lowest BCUT2D eigenvalue weighted by Gasteiger charge is -1.84. The predicted molar refractivity (Wildman–Crippen MR) is 44.3 cm³/mol. The van der Waals surface area contributed by atoms with Crippen molar-refractivity contribution >= 4 is 11.3 Å². The maximum Gasteiger partial charge on any atom is 0.131 e. The Hall–Kier alpha value is -0.480. The van der Waals surface area contributed by atoms with E-state index in [0.29, 0.717) is 12.5 Å². The fourth-order valence-corrected chi connectivity index (χ4v) is 2.13. The van der Waals surface area contributed by atoms with Gasteiger partial charge >= 0.3 is 0 Å². The van der Waals surface area contributed by atoms with Crippen LogP contribution in [0.15, 0.2) is 0 Å². The fraction of sp³-hybridized carbons (Fsp3) is 0.714. The van der Waals surface area contributed by atoms with Crippen LogP contribution in [0.4, 0.5) is 0 Å². The Labute approximate surface area is 69.6 Å². The van der Waals surface area contributed by atoms with E-state index in [1.165, 1.54) is 11.4 Å². The average Bonchev–Trinajstić information content (AvgIpc) is 2.59. The van der Waals surface area contributed by atoms with Gasteiger partial charge < -0.3 is 5.73 Å². The maximum atomic E-state index is 5.43. The van der Waals surface area contributed by atoms with E-state index in [0.717, 1.165) is 10.9 Å². The van der Waals surface area contributed by atoms with Crippen LogP contribution in [0, 0.1) is 5.92 Å². The molecule has 11 heavy (non-hydrogen) atoms. The lowest BCUT2D eigenvalue weighted by molar-refractivity contribution is 0.868. The van der Waals surface area contributed by atoms with Crippen molar-refractivity contribution in [1.29, 1.82) is 0 Å². The average molecular weight is 169 g/mol. The first kappa shape index (κ1) is 7.18. The van der Waals surface area contributed by atoms with Crippen LogP contribution in [0.3, 0.4) is 0 Å². The molecule has 0 amide bonds. The Kier molecular flexibility index (Phi) is 1.65. The summed E-state index contributed by atoms with van der Waals surface area (Å²) in [5, 5.41) is 10.2. The summed E-state index contributed by atoms with van der Waals surface area (Å²) in [4.78, 5) is 0. The number of nitrogens with zero attached hydrogens (tertiary/aromatic N) is 2. The summed E-state index contributed by atoms with van der Waals surface area (Å²) in [5.74, 6) is 1.50. The standard InChI is InChI=1S/C7H11N3S/c1-4-2-5(4)7-10-9-6(3-8)11-7/h4-5H,2-3,8H2,1H3. The van der Waals surface area contributed by atoms with Gasteiger partial charge in [0.05, 0.1) is 0 Å². The van der Waals surface area contributed by atoms with Gasteiger partial charge in [0.1, 0.15) is 10.0 Å². The fourth-order valence-electron chi connectivity index (χ4n) is 1.17. The quantitative estimate of drug-likeness (QED) is 0.721. The molecule has 0 radical (unpaired) electrons. The van der Waals surface area contributed by atoms with Gasteiger partial charge in [-0.1, -0.05) is 18.3 Å². The Morgan fingerprint density at radius 3 is 2.82 bits per heavy atom. The first-order chi connectivity index (χ1) is 5.31. The van der Waals surface area contributed by atoms with Crippen LogP contribution in [-0.2, 0) is 6.54 Å². The second-order valence-electron chi connectivity index (χ2n) is 3.06. The molecule has 1 aliphatic rings. The van der Waals surface area contributed by atoms with Gasteiger partial charge in [-0.05, 0) is 12.3 Å². The normalized spacial score (nSPS) is 28.9. The van der Waals surface area contributed by atoms with Crippen molar-refractivity contribution in [2.24, 2.45) is 11.7 Å². The molecule has 2 unspecified atom stereocenters. The lowest BCUT2D eigenvalue weighted by atomic mass is 10.4. The Morgan fingerprint density at radius 1 is 1.64 bits per heavy atom. The molecule has 1 heterocycles. The van der Waals surface area contributed by atoms with E-state index in [1.807, 2.05) is 0 Å². The highest BCUT2D eigenvalue weighted by Crippen LogP contribution is 2.47. The van der Waals surface area contributed by atoms with Crippen molar-refractivity contribution in [3.63, 3.8) is 0 Å². The molecular formula is C7H11N3S. The van der Waals surface area contributed by atoms with E-state index >= 15 is 0 Å². The zero-order valence-electron chi connectivity index (χ0n) is 6.45. The van der Waals surface area contributed by atoms with Gasteiger partial charge in [0, 0.05) is 12.5 Å². The molecule has 1 fully saturated rings. The number of aromatic nitrogens is 2. The van der Waals surface area contributed by atoms with Crippen LogP contribution in [0.2, 0.25) is 0 Å². The zero-order valence-corrected chi connectivity index (χ0v) is 7.27. The highest BCUT2D eigenvalue weighted by molar-refractivity contribution is 7.11. The van der Waals surface area contributed by atoms with Crippen LogP contribution in [0.25, 0.3) is 0 Å². The molecule has 0 aliphatic heterocycles. The molecule has 2 atom stereocenters. The monoisotopic (exact) mass is 169 g/mol. The van der Waals surface area contributed by atoms with E-state index in [4.69, 9.17) is 5.73 Å². The molecular weight excluding hydrogens is 158 g/mol. The summed E-state index contributed by atoms with van der Waals surface area (Å²) in [6.07, 6.45) is 1.28. The first-order valence-electron chi connectivity index (χ1n) is 3.83. The number of nitrogens with two attached hydrogens (primary N) is 1. The van der Waals surface area contributed by atoms with E-state index in [2.05, 4.69) is 17.1 Å². The SMILES string of the molecule is CC1CC1c1nnc(CN)s1. The molecule has 0 spiro atoms. The Balaban J connectivity index is 2.13. The van der Waals surface area contributed by atoms with Crippen molar-refractivity contribution in [3.05, 3.63) is 10.0 Å². The molecule has 1 aromatic rings. The highest BCUT2D eigenvalue weighted by atomic mass is 32.1. The third-order valence-corrected chi connectivity index (χ3v) is 3.16. The third kappa shape index (κ3) is 1.28. The minimum Gasteiger partial charge on any atom is -0.324 e. The van der Waals surface area contributed by atoms with Crippen LogP contribution < -0.4 is 5.73 Å². The molecule has 0 aromatic carbocycles. The maximum absolute atomic E-state index is 5.43. The number of hydrogen-bond acceptors (Lipinski definition) is 4. The molecule has 0 bridgehead atoms. The van der Waals surface area contributed by atoms with Crippen molar-refractivity contribution < 1.29 is 0 Å². The van der Waals surface area contributed by atoms with E-state index < -0.39 is 0 Å². The molecule has 1 aliphatic carbocycles. The van der Waals surface area contributed by atoms with E-state index in [9.17, 15) is 0 Å². The largest absolute Gasteiger partial charge is 0.324 e. The summed E-state index contributed by atoms with van der Waals surface area (Å²) in [5.41, 5.74) is 5.43. The summed E-state index contributed by atoms with van der Waals surface area (Å²) >= 11 is 1.66. The van der Waals surface area contributed by atoms with E-state index in [-0.39, 0.29) is 0 Å². The molecule has 2 rings (SSSR count). The topological polar surface area (TPSA) is 51.8 Å². The minimum atomic E-state index is 0.527. The third-order valence-electron chi connectivity index (χ3n) is 2.08. The smallest absolute Gasteiger partial charge is 0.131 e. The summed E-state index contributed by atoms with van der Waals surface area (Å²) < 4.78 is 0. The van der Waals surface area contributed by atoms with Gasteiger partial charge in [0.25, 0.3) is 0 Å². The zero-order chi connectivity index (χ0) is 7.84. The van der Waals surface area contributed by atoms with Crippen molar-refractivity contribution in [3.8, 4) is 0 Å². The molecule has 3 nitrogen and oxygen atoms in total. The number of hydrogen-bond donors (Lipinski definition) is 1. The van der Waals surface area contributed by atoms with Crippen LogP contribution in [0.5, 0.6) is 0 Å². The minimum absolute atomic E-state index is 0.527. The predicted octanol–water partition coefficient (Wildman–Crippen LogP) is 1.12. The van der Waals surface area contributed by atoms with Gasteiger partial charge in [-0.2, -0.15) is 0 Å². The van der Waals surface area contributed by atoms with E-state index in [1.54, 1.807) is 11.3 Å². The Morgan fingerprint density at radius 2 is 2.36 bits per heavy atom. The molecule has 2 N–H and O–H groups in total. The lowest BCUT2D eigenvalue weighted by Crippen LogP contribution is -1.94. The van der Waals surface area contributed by atoms with Crippen LogP contribution in [-0.4, -0.2) is 10.2 Å². The van der Waals surface area contributed by atoms with Crippen LogP contribution in [0.1, 0.15) is 29.3 Å². The number of rotatable bonds is 2. The van der Waals surface area contributed by atoms with Gasteiger partial charge in [-0.3, -0.25) is 0 Å². The Bertz CT molecular complexity index is 258.